The maximum absolute atomic E-state index is 13.6. The van der Waals surface area contributed by atoms with Crippen LogP contribution in [-0.2, 0) is 18.4 Å². The number of carbonyl (C=O) groups is 3. The first-order valence-electron chi connectivity index (χ1n) is 12.1. The van der Waals surface area contributed by atoms with Crippen molar-refractivity contribution in [2.75, 3.05) is 34.3 Å². The van der Waals surface area contributed by atoms with E-state index in [1.807, 2.05) is 27.9 Å². The number of nitrogens with one attached hydrogen (secondary N) is 1. The Labute approximate surface area is 216 Å². The lowest BCUT2D eigenvalue weighted by Crippen LogP contribution is -2.57. The summed E-state index contributed by atoms with van der Waals surface area (Å²) in [5, 5.41) is 3.18. The first-order valence-corrected chi connectivity index (χ1v) is 12.1. The van der Waals surface area contributed by atoms with Crippen molar-refractivity contribution in [2.45, 2.75) is 32.5 Å². The number of ketones is 1. The van der Waals surface area contributed by atoms with Crippen molar-refractivity contribution in [2.24, 2.45) is 7.05 Å². The number of carbonyl (C=O) groups excluding carboxylic acids is 3. The van der Waals surface area contributed by atoms with Gasteiger partial charge in [-0.2, -0.15) is 4.98 Å². The molecule has 2 atom stereocenters. The smallest absolute Gasteiger partial charge is 0.259 e. The van der Waals surface area contributed by atoms with E-state index in [1.165, 1.54) is 25.4 Å². The Morgan fingerprint density at radius 3 is 2.38 bits per heavy atom. The van der Waals surface area contributed by atoms with Gasteiger partial charge in [-0.15, -0.1) is 0 Å². The average molecular weight is 512 g/mol. The zero-order valence-electron chi connectivity index (χ0n) is 22.1. The molecule has 1 unspecified atom stereocenters. The Morgan fingerprint density at radius 1 is 1.14 bits per heavy atom. The Morgan fingerprint density at radius 2 is 1.78 bits per heavy atom. The van der Waals surface area contributed by atoms with Gasteiger partial charge >= 0.3 is 0 Å². The molecule has 1 N–H and O–H groups in total. The van der Waals surface area contributed by atoms with Gasteiger partial charge in [0.1, 0.15) is 17.0 Å². The number of hydrogen-bond acceptors (Lipinski definition) is 7. The number of aldehydes is 1. The van der Waals surface area contributed by atoms with Crippen LogP contribution in [0, 0.1) is 5.82 Å². The monoisotopic (exact) mass is 511 g/mol. The van der Waals surface area contributed by atoms with Crippen LogP contribution in [0.5, 0.6) is 5.88 Å². The van der Waals surface area contributed by atoms with Gasteiger partial charge in [-0.05, 0) is 51.7 Å². The molecular formula is C27H34FN5O4. The lowest BCUT2D eigenvalue weighted by Gasteiger charge is -2.44. The number of piperazine rings is 1. The number of benzene rings is 1. The standard InChI is InChI=1S/C25H27FN4O4.C2H7N/c1-15-11-30(16(2)10-29(15)12-17-5-7-18(26)8-6-17)25(33)20-9-19-21(22(32)14-31)13-28(3)23(19)27-24(20)34-4;1-3-2/h5-9,13-16H,10-12H2,1-4H3;3H,1-2H3/t15-,16?;/m0./s1. The highest BCUT2D eigenvalue weighted by molar-refractivity contribution is 6.36. The van der Waals surface area contributed by atoms with Crippen LogP contribution < -0.4 is 10.1 Å². The fourth-order valence-corrected chi connectivity index (χ4v) is 4.53. The molecule has 1 saturated heterocycles. The molecule has 0 saturated carbocycles. The fourth-order valence-electron chi connectivity index (χ4n) is 4.53. The van der Waals surface area contributed by atoms with Crippen LogP contribution in [-0.4, -0.2) is 83.7 Å². The zero-order valence-corrected chi connectivity index (χ0v) is 22.1. The molecule has 9 nitrogen and oxygen atoms in total. The number of ether oxygens (including phenoxy) is 1. The molecule has 2 aromatic heterocycles. The largest absolute Gasteiger partial charge is 0.480 e. The molecule has 198 valence electrons. The highest BCUT2D eigenvalue weighted by atomic mass is 19.1. The van der Waals surface area contributed by atoms with Crippen molar-refractivity contribution < 1.29 is 23.5 Å². The second-order valence-electron chi connectivity index (χ2n) is 9.26. The third kappa shape index (κ3) is 6.03. The predicted molar refractivity (Wildman–Crippen MR) is 139 cm³/mol. The number of fused-ring (bicyclic) bond motifs is 1. The van der Waals surface area contributed by atoms with Crippen molar-refractivity contribution >= 4 is 29.0 Å². The topological polar surface area (TPSA) is 96.8 Å². The summed E-state index contributed by atoms with van der Waals surface area (Å²) in [6.07, 6.45) is 1.78. The highest BCUT2D eigenvalue weighted by Crippen LogP contribution is 2.29. The van der Waals surface area contributed by atoms with Crippen LogP contribution in [0.2, 0.25) is 0 Å². The van der Waals surface area contributed by atoms with E-state index in [0.29, 0.717) is 30.7 Å². The summed E-state index contributed by atoms with van der Waals surface area (Å²) in [6, 6.07) is 8.00. The van der Waals surface area contributed by atoms with Crippen LogP contribution in [0.4, 0.5) is 4.39 Å². The summed E-state index contributed by atoms with van der Waals surface area (Å²) >= 11 is 0. The van der Waals surface area contributed by atoms with Gasteiger partial charge in [0.05, 0.1) is 12.7 Å². The van der Waals surface area contributed by atoms with Gasteiger partial charge in [-0.3, -0.25) is 19.3 Å². The van der Waals surface area contributed by atoms with Gasteiger partial charge in [0.25, 0.3) is 5.91 Å². The van der Waals surface area contributed by atoms with Gasteiger partial charge in [0, 0.05) is 50.3 Å². The Bertz CT molecular complexity index is 1270. The third-order valence-electron chi connectivity index (χ3n) is 6.39. The van der Waals surface area contributed by atoms with Crippen LogP contribution in [0.3, 0.4) is 0 Å². The minimum absolute atomic E-state index is 0.0665. The van der Waals surface area contributed by atoms with Crippen molar-refractivity contribution in [3.05, 3.63) is 59.0 Å². The second kappa shape index (κ2) is 12.1. The van der Waals surface area contributed by atoms with Crippen molar-refractivity contribution in [1.82, 2.24) is 24.7 Å². The van der Waals surface area contributed by atoms with E-state index < -0.39 is 5.78 Å². The van der Waals surface area contributed by atoms with E-state index in [9.17, 15) is 18.8 Å². The molecule has 0 aliphatic carbocycles. The Balaban J connectivity index is 0.00000121. The van der Waals surface area contributed by atoms with Gasteiger partial charge in [0.15, 0.2) is 6.29 Å². The number of halogens is 1. The number of aromatic nitrogens is 2. The van der Waals surface area contributed by atoms with E-state index in [4.69, 9.17) is 4.74 Å². The highest BCUT2D eigenvalue weighted by Gasteiger charge is 2.34. The van der Waals surface area contributed by atoms with E-state index in [-0.39, 0.29) is 47.1 Å². The number of hydrogen-bond donors (Lipinski definition) is 1. The van der Waals surface area contributed by atoms with E-state index in [2.05, 4.69) is 15.2 Å². The minimum atomic E-state index is -0.674. The van der Waals surface area contributed by atoms with E-state index in [0.717, 1.165) is 5.56 Å². The predicted octanol–water partition coefficient (Wildman–Crippen LogP) is 2.67. The van der Waals surface area contributed by atoms with Gasteiger partial charge in [-0.25, -0.2) is 4.39 Å². The molecule has 3 heterocycles. The molecule has 1 amide bonds. The SMILES string of the molecule is CNC.COc1nc2c(cc1C(=O)N1C[C@H](C)N(Cc3ccc(F)cc3)CC1C)c(C(=O)C=O)cn2C. The van der Waals surface area contributed by atoms with Gasteiger partial charge in [0.2, 0.25) is 11.7 Å². The molecule has 1 aliphatic rings. The number of amides is 1. The normalized spacial score (nSPS) is 17.8. The average Bonchev–Trinajstić information content (AvgIpc) is 3.21. The first kappa shape index (κ1) is 27.9. The van der Waals surface area contributed by atoms with Crippen molar-refractivity contribution in [3.63, 3.8) is 0 Å². The lowest BCUT2D eigenvalue weighted by atomic mass is 10.0. The molecule has 3 aromatic rings. The van der Waals surface area contributed by atoms with E-state index >= 15 is 0 Å². The van der Waals surface area contributed by atoms with Crippen LogP contribution in [0.1, 0.15) is 40.1 Å². The molecule has 1 aromatic carbocycles. The molecular weight excluding hydrogens is 477 g/mol. The first-order chi connectivity index (χ1) is 17.6. The molecule has 0 radical (unpaired) electrons. The number of Topliss-reactive ketones (excluding diaryl/α,β-unsaturated/α-hetero) is 1. The summed E-state index contributed by atoms with van der Waals surface area (Å²) in [5.41, 5.74) is 1.89. The number of rotatable bonds is 6. The van der Waals surface area contributed by atoms with Crippen molar-refractivity contribution in [1.29, 1.82) is 0 Å². The molecule has 0 bridgehead atoms. The molecule has 10 heteroatoms. The summed E-state index contributed by atoms with van der Waals surface area (Å²) in [4.78, 5) is 45.3. The minimum Gasteiger partial charge on any atom is -0.480 e. The fraction of sp³-hybridized carbons (Fsp3) is 0.407. The number of nitrogens with zero attached hydrogens (tertiary/aromatic N) is 4. The van der Waals surface area contributed by atoms with Crippen LogP contribution in [0.25, 0.3) is 11.0 Å². The van der Waals surface area contributed by atoms with Crippen molar-refractivity contribution in [3.8, 4) is 5.88 Å². The zero-order chi connectivity index (χ0) is 27.3. The van der Waals surface area contributed by atoms with Gasteiger partial charge in [-0.1, -0.05) is 12.1 Å². The maximum atomic E-state index is 13.6. The lowest BCUT2D eigenvalue weighted by molar-refractivity contribution is -0.104. The summed E-state index contributed by atoms with van der Waals surface area (Å²) in [6.45, 7) is 5.81. The molecule has 1 aliphatic heterocycles. The summed E-state index contributed by atoms with van der Waals surface area (Å²) in [5.74, 6) is -1.03. The molecule has 0 spiro atoms. The van der Waals surface area contributed by atoms with Crippen LogP contribution in [0.15, 0.2) is 36.5 Å². The summed E-state index contributed by atoms with van der Waals surface area (Å²) in [7, 11) is 6.90. The summed E-state index contributed by atoms with van der Waals surface area (Å²) < 4.78 is 20.3. The van der Waals surface area contributed by atoms with Crippen LogP contribution >= 0.6 is 0 Å². The number of methoxy groups -OCH3 is 1. The van der Waals surface area contributed by atoms with E-state index in [1.54, 1.807) is 34.7 Å². The quantitative estimate of drug-likeness (QED) is 0.309. The molecule has 1 fully saturated rings. The molecule has 37 heavy (non-hydrogen) atoms. The maximum Gasteiger partial charge on any atom is 0.259 e. The second-order valence-corrected chi connectivity index (χ2v) is 9.26. The Kier molecular flexibility index (Phi) is 9.12. The number of pyridine rings is 1. The number of aryl methyl sites for hydroxylation is 1. The van der Waals surface area contributed by atoms with Gasteiger partial charge < -0.3 is 19.5 Å². The Hall–Kier alpha value is -3.63. The third-order valence-corrected chi connectivity index (χ3v) is 6.39. The molecule has 4 rings (SSSR count).